The molecule has 0 aromatic heterocycles. The molecule has 0 aliphatic carbocycles. The number of carbonyl (C=O) groups is 1. The second-order valence-electron chi connectivity index (χ2n) is 3.72. The van der Waals surface area contributed by atoms with Crippen LogP contribution in [-0.2, 0) is 4.79 Å². The zero-order valence-electron chi connectivity index (χ0n) is 8.79. The maximum atomic E-state index is 10.9. The second-order valence-corrected chi connectivity index (χ2v) is 3.72. The van der Waals surface area contributed by atoms with Gasteiger partial charge in [-0.3, -0.25) is 4.79 Å². The highest BCUT2D eigenvalue weighted by Gasteiger charge is 2.21. The average molecular weight is 233 g/mol. The highest BCUT2D eigenvalue weighted by atomic mass is 16.4. The Bertz CT molecular complexity index is 589. The molecule has 5 nitrogen and oxygen atoms in total. The molecule has 5 heteroatoms. The maximum absolute atomic E-state index is 10.9. The smallest absolute Gasteiger partial charge is 0.325 e. The van der Waals surface area contributed by atoms with Crippen LogP contribution in [0.25, 0.3) is 10.8 Å². The van der Waals surface area contributed by atoms with Gasteiger partial charge in [-0.05, 0) is 29.0 Å². The summed E-state index contributed by atoms with van der Waals surface area (Å²) >= 11 is 0. The molecule has 1 atom stereocenters. The Morgan fingerprint density at radius 3 is 2.47 bits per heavy atom. The molecule has 0 saturated carbocycles. The number of carboxylic acid groups (broad SMARTS) is 1. The van der Waals surface area contributed by atoms with Crippen molar-refractivity contribution in [1.82, 2.24) is 0 Å². The fourth-order valence-corrected chi connectivity index (χ4v) is 1.77. The van der Waals surface area contributed by atoms with Crippen molar-refractivity contribution >= 4 is 16.7 Å². The molecule has 0 aliphatic heterocycles. The normalized spacial score (nSPS) is 12.5. The second kappa shape index (κ2) is 3.95. The number of phenols is 2. The molecule has 0 heterocycles. The Kier molecular flexibility index (Phi) is 2.61. The number of nitrogens with two attached hydrogens (primary N) is 1. The topological polar surface area (TPSA) is 104 Å². The van der Waals surface area contributed by atoms with Gasteiger partial charge in [0.1, 0.15) is 17.5 Å². The highest BCUT2D eigenvalue weighted by Crippen LogP contribution is 2.33. The third kappa shape index (κ3) is 1.88. The minimum Gasteiger partial charge on any atom is -0.508 e. The van der Waals surface area contributed by atoms with E-state index in [0.29, 0.717) is 10.8 Å². The van der Waals surface area contributed by atoms with Gasteiger partial charge in [0, 0.05) is 5.56 Å². The summed E-state index contributed by atoms with van der Waals surface area (Å²) in [5, 5.41) is 29.1. The van der Waals surface area contributed by atoms with E-state index in [1.54, 1.807) is 12.1 Å². The van der Waals surface area contributed by atoms with Crippen molar-refractivity contribution in [2.75, 3.05) is 0 Å². The number of carboxylic acids is 1. The van der Waals surface area contributed by atoms with Gasteiger partial charge in [0.2, 0.25) is 0 Å². The lowest BCUT2D eigenvalue weighted by molar-refractivity contribution is -0.138. The zero-order valence-corrected chi connectivity index (χ0v) is 8.79. The molecule has 0 aliphatic rings. The van der Waals surface area contributed by atoms with Crippen molar-refractivity contribution in [3.63, 3.8) is 0 Å². The van der Waals surface area contributed by atoms with Crippen molar-refractivity contribution in [3.05, 3.63) is 35.9 Å². The molecule has 0 radical (unpaired) electrons. The van der Waals surface area contributed by atoms with E-state index in [1.807, 2.05) is 0 Å². The summed E-state index contributed by atoms with van der Waals surface area (Å²) in [6.45, 7) is 0. The van der Waals surface area contributed by atoms with Crippen molar-refractivity contribution in [3.8, 4) is 11.5 Å². The Labute approximate surface area is 96.7 Å². The van der Waals surface area contributed by atoms with Gasteiger partial charge in [0.05, 0.1) is 0 Å². The Hall–Kier alpha value is -2.27. The number of phenolic OH excluding ortho intramolecular Hbond substituents is 2. The number of hydrogen-bond acceptors (Lipinski definition) is 4. The first kappa shape index (κ1) is 11.2. The van der Waals surface area contributed by atoms with E-state index in [1.165, 1.54) is 18.2 Å². The van der Waals surface area contributed by atoms with Crippen LogP contribution in [0.5, 0.6) is 11.5 Å². The lowest BCUT2D eigenvalue weighted by Gasteiger charge is -2.12. The van der Waals surface area contributed by atoms with E-state index in [0.717, 1.165) is 0 Å². The molecule has 2 aromatic carbocycles. The van der Waals surface area contributed by atoms with Crippen LogP contribution in [-0.4, -0.2) is 21.3 Å². The third-order valence-corrected chi connectivity index (χ3v) is 2.60. The van der Waals surface area contributed by atoms with Crippen LogP contribution in [0.1, 0.15) is 11.6 Å². The van der Waals surface area contributed by atoms with Gasteiger partial charge in [0.25, 0.3) is 0 Å². The van der Waals surface area contributed by atoms with Crippen LogP contribution < -0.4 is 5.73 Å². The summed E-state index contributed by atoms with van der Waals surface area (Å²) in [6.07, 6.45) is 0. The molecule has 17 heavy (non-hydrogen) atoms. The fraction of sp³-hybridized carbons (Fsp3) is 0.0833. The average Bonchev–Trinajstić information content (AvgIpc) is 2.27. The minimum atomic E-state index is -1.33. The zero-order chi connectivity index (χ0) is 12.6. The summed E-state index contributed by atoms with van der Waals surface area (Å²) in [6, 6.07) is 6.17. The van der Waals surface area contributed by atoms with Gasteiger partial charge in [0.15, 0.2) is 0 Å². The van der Waals surface area contributed by atoms with Crippen molar-refractivity contribution in [2.45, 2.75) is 6.04 Å². The number of fused-ring (bicyclic) bond motifs is 1. The third-order valence-electron chi connectivity index (χ3n) is 2.60. The summed E-state index contributed by atoms with van der Waals surface area (Å²) in [4.78, 5) is 10.9. The lowest BCUT2D eigenvalue weighted by Crippen LogP contribution is -2.21. The van der Waals surface area contributed by atoms with Crippen LogP contribution in [0, 0.1) is 0 Å². The first-order valence-electron chi connectivity index (χ1n) is 4.93. The number of benzene rings is 2. The van der Waals surface area contributed by atoms with E-state index < -0.39 is 12.0 Å². The van der Waals surface area contributed by atoms with Crippen LogP contribution in [0.15, 0.2) is 30.3 Å². The molecular formula is C12H11NO4. The molecule has 5 N–H and O–H groups in total. The van der Waals surface area contributed by atoms with Crippen LogP contribution in [0.4, 0.5) is 0 Å². The summed E-state index contributed by atoms with van der Waals surface area (Å²) in [5.74, 6) is -1.45. The standard InChI is InChI=1S/C12H11NO4/c13-11(12(16)17)10-8-5-7(14)3-1-6(8)2-4-9(10)15/h1-5,11,14-15H,13H2,(H,16,17). The minimum absolute atomic E-state index is 0.0121. The van der Waals surface area contributed by atoms with Crippen molar-refractivity contribution < 1.29 is 20.1 Å². The predicted molar refractivity (Wildman–Crippen MR) is 61.8 cm³/mol. The maximum Gasteiger partial charge on any atom is 0.325 e. The molecule has 0 spiro atoms. The van der Waals surface area contributed by atoms with Gasteiger partial charge < -0.3 is 21.1 Å². The van der Waals surface area contributed by atoms with Gasteiger partial charge in [-0.15, -0.1) is 0 Å². The van der Waals surface area contributed by atoms with Gasteiger partial charge in [-0.25, -0.2) is 0 Å². The SMILES string of the molecule is NC(C(=O)O)c1c(O)ccc2ccc(O)cc12. The lowest BCUT2D eigenvalue weighted by atomic mass is 9.98. The predicted octanol–water partition coefficient (Wildman–Crippen LogP) is 1.34. The molecule has 0 saturated heterocycles. The van der Waals surface area contributed by atoms with E-state index >= 15 is 0 Å². The van der Waals surface area contributed by atoms with Gasteiger partial charge >= 0.3 is 5.97 Å². The highest BCUT2D eigenvalue weighted by molar-refractivity contribution is 5.93. The van der Waals surface area contributed by atoms with E-state index in [4.69, 9.17) is 10.8 Å². The molecule has 1 unspecified atom stereocenters. The molecule has 2 rings (SSSR count). The van der Waals surface area contributed by atoms with E-state index in [-0.39, 0.29) is 17.1 Å². The Morgan fingerprint density at radius 2 is 1.82 bits per heavy atom. The molecule has 0 bridgehead atoms. The van der Waals surface area contributed by atoms with Crippen LogP contribution >= 0.6 is 0 Å². The molecule has 0 fully saturated rings. The molecule has 88 valence electrons. The number of aliphatic carboxylic acids is 1. The summed E-state index contributed by atoms with van der Waals surface area (Å²) in [7, 11) is 0. The Balaban J connectivity index is 2.79. The quantitative estimate of drug-likeness (QED) is 0.626. The van der Waals surface area contributed by atoms with Crippen molar-refractivity contribution in [1.29, 1.82) is 0 Å². The first-order chi connectivity index (χ1) is 8.00. The first-order valence-corrected chi connectivity index (χ1v) is 4.93. The number of aromatic hydroxyl groups is 2. The van der Waals surface area contributed by atoms with E-state index in [2.05, 4.69) is 0 Å². The Morgan fingerprint density at radius 1 is 1.18 bits per heavy atom. The van der Waals surface area contributed by atoms with Crippen LogP contribution in [0.3, 0.4) is 0 Å². The number of rotatable bonds is 2. The molecule has 2 aromatic rings. The molecule has 0 amide bonds. The fourth-order valence-electron chi connectivity index (χ4n) is 1.77. The van der Waals surface area contributed by atoms with Gasteiger partial charge in [-0.1, -0.05) is 12.1 Å². The summed E-state index contributed by atoms with van der Waals surface area (Å²) < 4.78 is 0. The van der Waals surface area contributed by atoms with Crippen molar-refractivity contribution in [2.24, 2.45) is 5.73 Å². The molecular weight excluding hydrogens is 222 g/mol. The largest absolute Gasteiger partial charge is 0.508 e. The monoisotopic (exact) mass is 233 g/mol. The van der Waals surface area contributed by atoms with Crippen LogP contribution in [0.2, 0.25) is 0 Å². The number of hydrogen-bond donors (Lipinski definition) is 4. The van der Waals surface area contributed by atoms with Gasteiger partial charge in [-0.2, -0.15) is 0 Å². The summed E-state index contributed by atoms with van der Waals surface area (Å²) in [5.41, 5.74) is 5.62. The van der Waals surface area contributed by atoms with E-state index in [9.17, 15) is 15.0 Å².